The molecule has 9 N–H and O–H groups in total. The van der Waals surface area contributed by atoms with E-state index >= 15 is 0 Å². The van der Waals surface area contributed by atoms with Gasteiger partial charge in [0, 0.05) is 18.0 Å². The molecule has 1 aromatic carbocycles. The molecule has 0 aliphatic carbocycles. The average molecular weight is 563 g/mol. The van der Waals surface area contributed by atoms with Crippen LogP contribution in [-0.2, 0) is 31.9 Å². The molecule has 1 aliphatic heterocycles. The van der Waals surface area contributed by atoms with E-state index in [2.05, 4.69) is 15.4 Å². The van der Waals surface area contributed by atoms with Gasteiger partial charge < -0.3 is 27.0 Å². The van der Waals surface area contributed by atoms with Crippen molar-refractivity contribution in [1.82, 2.24) is 20.3 Å². The number of amidine groups is 1. The van der Waals surface area contributed by atoms with E-state index in [1.165, 1.54) is 11.3 Å². The first-order chi connectivity index (χ1) is 18.0. The third kappa shape index (κ3) is 9.11. The second kappa shape index (κ2) is 13.3. The minimum atomic E-state index is -3.85. The van der Waals surface area contributed by atoms with Crippen LogP contribution in [0.15, 0.2) is 42.5 Å². The molecule has 2 amide bonds. The van der Waals surface area contributed by atoms with Crippen LogP contribution in [0.5, 0.6) is 0 Å². The zero-order valence-electron chi connectivity index (χ0n) is 20.9. The molecule has 14 heteroatoms. The van der Waals surface area contributed by atoms with E-state index in [-0.39, 0.29) is 43.0 Å². The van der Waals surface area contributed by atoms with E-state index in [1.54, 1.807) is 47.4 Å². The topological polar surface area (TPSA) is 207 Å². The number of nitrogens with one attached hydrogen (secondary N) is 5. The van der Waals surface area contributed by atoms with E-state index in [4.69, 9.17) is 22.3 Å². The Hall–Kier alpha value is -3.49. The minimum absolute atomic E-state index is 0.00705. The highest BCUT2D eigenvalue weighted by Crippen LogP contribution is 2.22. The van der Waals surface area contributed by atoms with Crippen LogP contribution < -0.4 is 26.8 Å². The number of guanidine groups is 1. The molecule has 2 aromatic rings. The van der Waals surface area contributed by atoms with Crippen molar-refractivity contribution in [2.45, 2.75) is 37.6 Å². The molecule has 1 saturated heterocycles. The molecule has 1 atom stereocenters. The van der Waals surface area contributed by atoms with Gasteiger partial charge in [0.05, 0.1) is 23.7 Å². The van der Waals surface area contributed by atoms with Gasteiger partial charge in [0.25, 0.3) is 0 Å². The Balaban J connectivity index is 1.59. The Morgan fingerprint density at radius 1 is 1.05 bits per heavy atom. The fraction of sp³-hybridized carbons (Fsp3) is 0.417. The molecule has 0 bridgehead atoms. The Kier molecular flexibility index (Phi) is 10.2. The summed E-state index contributed by atoms with van der Waals surface area (Å²) in [5, 5.41) is 20.3. The van der Waals surface area contributed by atoms with Crippen molar-refractivity contribution in [3.8, 4) is 0 Å². The summed E-state index contributed by atoms with van der Waals surface area (Å²) in [7, 11) is -3.85. The number of thiophene rings is 1. The van der Waals surface area contributed by atoms with Crippen LogP contribution in [0.25, 0.3) is 0 Å². The van der Waals surface area contributed by atoms with Crippen molar-refractivity contribution in [1.29, 1.82) is 10.8 Å². The number of hydrogen-bond donors (Lipinski definition) is 7. The molecule has 12 nitrogen and oxygen atoms in total. The molecule has 1 aliphatic rings. The second-order valence-electron chi connectivity index (χ2n) is 9.14. The molecular weight excluding hydrogens is 528 g/mol. The number of carbonyl (C=O) groups excluding carboxylic acids is 2. The summed E-state index contributed by atoms with van der Waals surface area (Å²) in [6.07, 6.45) is 1.58. The van der Waals surface area contributed by atoms with E-state index in [0.29, 0.717) is 36.4 Å². The van der Waals surface area contributed by atoms with Gasteiger partial charge in [0.15, 0.2) is 5.96 Å². The number of amides is 2. The standard InChI is InChI=1S/C24H34N8O4S2/c25-22(26)20-7-6-18(37-20)13-29-21(33)14-30-23(34)19(12-16-8-10-32(11-9-16)24(27)28)31-38(35,36)15-17-4-2-1-3-5-17/h1-7,16,19,31H,8-15H2,(H3,25,26)(H3,27,28)(H,29,33)(H,30,34). The third-order valence-corrected chi connectivity index (χ3v) is 8.65. The van der Waals surface area contributed by atoms with Gasteiger partial charge in [-0.2, -0.15) is 0 Å². The maximum atomic E-state index is 13.1. The normalized spacial score (nSPS) is 15.0. The molecule has 206 valence electrons. The van der Waals surface area contributed by atoms with E-state index in [9.17, 15) is 18.0 Å². The van der Waals surface area contributed by atoms with Gasteiger partial charge in [0.1, 0.15) is 11.9 Å². The van der Waals surface area contributed by atoms with Gasteiger partial charge in [-0.3, -0.25) is 20.4 Å². The molecule has 2 heterocycles. The summed E-state index contributed by atoms with van der Waals surface area (Å²) in [6.45, 7) is 1.02. The summed E-state index contributed by atoms with van der Waals surface area (Å²) in [5.41, 5.74) is 11.6. The largest absolute Gasteiger partial charge is 0.383 e. The fourth-order valence-corrected chi connectivity index (χ4v) is 6.32. The van der Waals surface area contributed by atoms with Crippen molar-refractivity contribution >= 4 is 45.0 Å². The number of likely N-dealkylation sites (tertiary alicyclic amines) is 1. The third-order valence-electron chi connectivity index (χ3n) is 6.17. The predicted octanol–water partition coefficient (Wildman–Crippen LogP) is 0.248. The molecule has 0 radical (unpaired) electrons. The first-order valence-electron chi connectivity index (χ1n) is 12.1. The van der Waals surface area contributed by atoms with Crippen LogP contribution >= 0.6 is 11.3 Å². The first-order valence-corrected chi connectivity index (χ1v) is 14.6. The monoisotopic (exact) mass is 562 g/mol. The van der Waals surface area contributed by atoms with Gasteiger partial charge in [-0.15, -0.1) is 11.3 Å². The Morgan fingerprint density at radius 2 is 1.74 bits per heavy atom. The lowest BCUT2D eigenvalue weighted by molar-refractivity contribution is -0.127. The smallest absolute Gasteiger partial charge is 0.239 e. The number of nitrogens with zero attached hydrogens (tertiary/aromatic N) is 1. The highest BCUT2D eigenvalue weighted by molar-refractivity contribution is 7.88. The highest BCUT2D eigenvalue weighted by atomic mass is 32.2. The zero-order chi connectivity index (χ0) is 27.7. The predicted molar refractivity (Wildman–Crippen MR) is 147 cm³/mol. The molecule has 1 unspecified atom stereocenters. The lowest BCUT2D eigenvalue weighted by atomic mass is 9.90. The van der Waals surface area contributed by atoms with Crippen molar-refractivity contribution in [2.75, 3.05) is 19.6 Å². The van der Waals surface area contributed by atoms with Gasteiger partial charge in [-0.25, -0.2) is 13.1 Å². The Morgan fingerprint density at radius 3 is 2.34 bits per heavy atom. The lowest BCUT2D eigenvalue weighted by Crippen LogP contribution is -2.50. The Labute approximate surface area is 226 Å². The summed E-state index contributed by atoms with van der Waals surface area (Å²) < 4.78 is 28.3. The minimum Gasteiger partial charge on any atom is -0.383 e. The molecule has 0 saturated carbocycles. The molecule has 1 aromatic heterocycles. The maximum absolute atomic E-state index is 13.1. The fourth-order valence-electron chi connectivity index (χ4n) is 4.16. The van der Waals surface area contributed by atoms with Gasteiger partial charge >= 0.3 is 0 Å². The number of rotatable bonds is 12. The summed E-state index contributed by atoms with van der Waals surface area (Å²) in [4.78, 5) is 28.5. The molecule has 1 fully saturated rings. The SMILES string of the molecule is N=C(N)c1ccc(CNC(=O)CNC(=O)C(CC2CCN(C(=N)N)CC2)NS(=O)(=O)Cc2ccccc2)s1. The number of nitrogens with two attached hydrogens (primary N) is 2. The van der Waals surface area contributed by atoms with Crippen molar-refractivity contribution < 1.29 is 18.0 Å². The maximum Gasteiger partial charge on any atom is 0.239 e. The average Bonchev–Trinajstić information content (AvgIpc) is 3.36. The Bertz CT molecular complexity index is 1240. The molecule has 0 spiro atoms. The number of piperidine rings is 1. The summed E-state index contributed by atoms with van der Waals surface area (Å²) >= 11 is 1.29. The number of nitrogen functional groups attached to an aromatic ring is 1. The number of sulfonamides is 1. The van der Waals surface area contributed by atoms with Crippen LogP contribution in [0.4, 0.5) is 0 Å². The molecule has 3 rings (SSSR count). The zero-order valence-corrected chi connectivity index (χ0v) is 22.5. The van der Waals surface area contributed by atoms with Crippen molar-refractivity contribution in [3.05, 3.63) is 57.8 Å². The van der Waals surface area contributed by atoms with Gasteiger partial charge in [0.2, 0.25) is 21.8 Å². The summed E-state index contributed by atoms with van der Waals surface area (Å²) in [5.74, 6) is -1.30. The quantitative estimate of drug-likeness (QED) is 0.142. The highest BCUT2D eigenvalue weighted by Gasteiger charge is 2.30. The van der Waals surface area contributed by atoms with E-state index < -0.39 is 27.9 Å². The van der Waals surface area contributed by atoms with Gasteiger partial charge in [-0.05, 0) is 42.9 Å². The van der Waals surface area contributed by atoms with Crippen molar-refractivity contribution in [3.63, 3.8) is 0 Å². The first kappa shape index (κ1) is 29.1. The number of benzene rings is 1. The van der Waals surface area contributed by atoms with Crippen LogP contribution in [0.1, 0.15) is 34.6 Å². The molecular formula is C24H34N8O4S2. The van der Waals surface area contributed by atoms with Gasteiger partial charge in [-0.1, -0.05) is 30.3 Å². The molecule has 38 heavy (non-hydrogen) atoms. The second-order valence-corrected chi connectivity index (χ2v) is 12.1. The number of hydrogen-bond acceptors (Lipinski definition) is 7. The lowest BCUT2D eigenvalue weighted by Gasteiger charge is -2.33. The van der Waals surface area contributed by atoms with Crippen LogP contribution in [0.3, 0.4) is 0 Å². The van der Waals surface area contributed by atoms with Crippen LogP contribution in [0, 0.1) is 16.7 Å². The van der Waals surface area contributed by atoms with Crippen LogP contribution in [-0.4, -0.2) is 62.6 Å². The van der Waals surface area contributed by atoms with Crippen molar-refractivity contribution in [2.24, 2.45) is 17.4 Å². The van der Waals surface area contributed by atoms with E-state index in [1.807, 2.05) is 0 Å². The van der Waals surface area contributed by atoms with Crippen LogP contribution in [0.2, 0.25) is 0 Å². The summed E-state index contributed by atoms with van der Waals surface area (Å²) in [6, 6.07) is 11.1. The van der Waals surface area contributed by atoms with E-state index in [0.717, 1.165) is 4.88 Å². The number of carbonyl (C=O) groups is 2.